The van der Waals surface area contributed by atoms with Gasteiger partial charge in [0.15, 0.2) is 5.16 Å². The van der Waals surface area contributed by atoms with Crippen molar-refractivity contribution in [2.45, 2.75) is 17.1 Å². The van der Waals surface area contributed by atoms with Gasteiger partial charge in [0.1, 0.15) is 5.69 Å². The van der Waals surface area contributed by atoms with E-state index in [0.29, 0.717) is 11.4 Å². The van der Waals surface area contributed by atoms with Gasteiger partial charge in [0, 0.05) is 5.69 Å². The van der Waals surface area contributed by atoms with E-state index in [1.165, 1.54) is 11.8 Å². The molecule has 0 saturated heterocycles. The van der Waals surface area contributed by atoms with Crippen LogP contribution < -0.4 is 5.32 Å². The van der Waals surface area contributed by atoms with Gasteiger partial charge in [-0.15, -0.1) is 11.8 Å². The topological polar surface area (TPSA) is 59.8 Å². The fraction of sp³-hybridized carbons (Fsp3) is 0.167. The monoisotopic (exact) mass is 370 g/mol. The van der Waals surface area contributed by atoms with Crippen LogP contribution in [0.5, 0.6) is 0 Å². The summed E-state index contributed by atoms with van der Waals surface area (Å²) in [6.07, 6.45) is 5.22. The lowest BCUT2D eigenvalue weighted by Gasteiger charge is -2.11. The number of rotatable bonds is 6. The molecule has 2 heterocycles. The Bertz CT molecular complexity index is 847. The smallest absolute Gasteiger partial charge is 0.274 e. The molecule has 1 aromatic carbocycles. The van der Waals surface area contributed by atoms with Gasteiger partial charge in [-0.05, 0) is 36.3 Å². The Kier molecular flexibility index (Phi) is 5.78. The van der Waals surface area contributed by atoms with Gasteiger partial charge in [-0.1, -0.05) is 36.9 Å². The zero-order chi connectivity index (χ0) is 17.6. The molecule has 0 aliphatic heterocycles. The molecule has 25 heavy (non-hydrogen) atoms. The maximum atomic E-state index is 12.7. The van der Waals surface area contributed by atoms with Crippen LogP contribution in [0.1, 0.15) is 17.4 Å². The van der Waals surface area contributed by atoms with Crippen molar-refractivity contribution < 1.29 is 4.79 Å². The zero-order valence-corrected chi connectivity index (χ0v) is 15.6. The molecule has 1 N–H and O–H groups in total. The van der Waals surface area contributed by atoms with Gasteiger partial charge >= 0.3 is 0 Å². The van der Waals surface area contributed by atoms with Gasteiger partial charge in [-0.25, -0.2) is 9.97 Å². The van der Waals surface area contributed by atoms with Crippen molar-refractivity contribution in [2.24, 2.45) is 0 Å². The van der Waals surface area contributed by atoms with Crippen LogP contribution in [0.4, 0.5) is 5.69 Å². The average molecular weight is 371 g/mol. The van der Waals surface area contributed by atoms with Crippen LogP contribution >= 0.6 is 23.5 Å². The molecule has 0 saturated carbocycles. The summed E-state index contributed by atoms with van der Waals surface area (Å²) < 4.78 is 1.86. The molecule has 5 nitrogen and oxygen atoms in total. The number of nitrogens with zero attached hydrogens (tertiary/aromatic N) is 3. The standard InChI is InChI=1S/C18H18N4OS2/c1-3-25-16-10-9-13(11-19-16)21-17(23)15-12-20-18(24-2)22(15)14-7-5-4-6-8-14/h4-12H,3H2,1-2H3,(H,21,23). The summed E-state index contributed by atoms with van der Waals surface area (Å²) in [6, 6.07) is 13.5. The number of hydrogen-bond donors (Lipinski definition) is 1. The van der Waals surface area contributed by atoms with Crippen LogP contribution in [0.15, 0.2) is 65.0 Å². The molecule has 1 amide bonds. The van der Waals surface area contributed by atoms with Crippen LogP contribution in [0, 0.1) is 0 Å². The molecule has 0 radical (unpaired) electrons. The van der Waals surface area contributed by atoms with E-state index in [1.54, 1.807) is 24.2 Å². The second-order valence-electron chi connectivity index (χ2n) is 5.07. The van der Waals surface area contributed by atoms with E-state index < -0.39 is 0 Å². The van der Waals surface area contributed by atoms with Crippen LogP contribution in [0.25, 0.3) is 5.69 Å². The second-order valence-corrected chi connectivity index (χ2v) is 7.13. The van der Waals surface area contributed by atoms with Gasteiger partial charge in [-0.3, -0.25) is 9.36 Å². The molecule has 128 valence electrons. The number of hydrogen-bond acceptors (Lipinski definition) is 5. The Morgan fingerprint density at radius 2 is 1.92 bits per heavy atom. The van der Waals surface area contributed by atoms with E-state index in [-0.39, 0.29) is 5.91 Å². The van der Waals surface area contributed by atoms with E-state index in [9.17, 15) is 4.79 Å². The fourth-order valence-corrected chi connectivity index (χ4v) is 3.48. The second kappa shape index (κ2) is 8.22. The number of pyridine rings is 1. The van der Waals surface area contributed by atoms with E-state index in [1.807, 2.05) is 53.3 Å². The SMILES string of the molecule is CCSc1ccc(NC(=O)c2cnc(SC)n2-c2ccccc2)cn1. The molecular weight excluding hydrogens is 352 g/mol. The summed E-state index contributed by atoms with van der Waals surface area (Å²) >= 11 is 3.16. The number of amides is 1. The summed E-state index contributed by atoms with van der Waals surface area (Å²) in [7, 11) is 0. The molecule has 0 aliphatic rings. The number of anilines is 1. The van der Waals surface area contributed by atoms with Gasteiger partial charge in [0.25, 0.3) is 5.91 Å². The molecule has 7 heteroatoms. The highest BCUT2D eigenvalue weighted by atomic mass is 32.2. The highest BCUT2D eigenvalue weighted by Crippen LogP contribution is 2.23. The molecule has 0 atom stereocenters. The first kappa shape index (κ1) is 17.6. The molecule has 0 bridgehead atoms. The quantitative estimate of drug-likeness (QED) is 0.654. The Morgan fingerprint density at radius 1 is 1.12 bits per heavy atom. The van der Waals surface area contributed by atoms with Gasteiger partial charge in [-0.2, -0.15) is 0 Å². The highest BCUT2D eigenvalue weighted by molar-refractivity contribution is 7.99. The fourth-order valence-electron chi connectivity index (χ4n) is 2.35. The van der Waals surface area contributed by atoms with Gasteiger partial charge in [0.2, 0.25) is 0 Å². The maximum Gasteiger partial charge on any atom is 0.274 e. The number of nitrogens with one attached hydrogen (secondary N) is 1. The summed E-state index contributed by atoms with van der Waals surface area (Å²) in [5, 5.41) is 4.61. The number of aromatic nitrogens is 3. The van der Waals surface area contributed by atoms with Crippen LogP contribution in [0.3, 0.4) is 0 Å². The first-order chi connectivity index (χ1) is 12.2. The normalized spacial score (nSPS) is 10.6. The first-order valence-electron chi connectivity index (χ1n) is 7.80. The lowest BCUT2D eigenvalue weighted by molar-refractivity contribution is 0.102. The van der Waals surface area contributed by atoms with Crippen molar-refractivity contribution in [1.29, 1.82) is 0 Å². The molecule has 0 aliphatic carbocycles. The van der Waals surface area contributed by atoms with E-state index in [2.05, 4.69) is 22.2 Å². The summed E-state index contributed by atoms with van der Waals surface area (Å²) in [5.74, 6) is 0.751. The molecule has 0 fully saturated rings. The van der Waals surface area contributed by atoms with Gasteiger partial charge < -0.3 is 5.32 Å². The van der Waals surface area contributed by atoms with Crippen LogP contribution in [0.2, 0.25) is 0 Å². The molecule has 0 spiro atoms. The van der Waals surface area contributed by atoms with E-state index in [0.717, 1.165) is 21.6 Å². The minimum Gasteiger partial charge on any atom is -0.319 e. The van der Waals surface area contributed by atoms with Gasteiger partial charge in [0.05, 0.1) is 23.1 Å². The lowest BCUT2D eigenvalue weighted by atomic mass is 10.3. The first-order valence-corrected chi connectivity index (χ1v) is 10.0. The molecule has 3 rings (SSSR count). The maximum absolute atomic E-state index is 12.7. The zero-order valence-electron chi connectivity index (χ0n) is 14.0. The van der Waals surface area contributed by atoms with Crippen molar-refractivity contribution in [3.05, 3.63) is 60.6 Å². The minimum absolute atomic E-state index is 0.214. The summed E-state index contributed by atoms with van der Waals surface area (Å²) in [6.45, 7) is 2.08. The number of imidazole rings is 1. The Morgan fingerprint density at radius 3 is 2.56 bits per heavy atom. The predicted molar refractivity (Wildman–Crippen MR) is 104 cm³/mol. The van der Waals surface area contributed by atoms with Crippen LogP contribution in [-0.2, 0) is 0 Å². The third kappa shape index (κ3) is 4.05. The molecule has 2 aromatic heterocycles. The molecular formula is C18H18N4OS2. The Labute approximate surface area is 155 Å². The number of para-hydroxylation sites is 1. The minimum atomic E-state index is -0.214. The average Bonchev–Trinajstić information content (AvgIpc) is 3.08. The number of benzene rings is 1. The predicted octanol–water partition coefficient (Wildman–Crippen LogP) is 4.35. The van der Waals surface area contributed by atoms with Crippen molar-refractivity contribution in [2.75, 3.05) is 17.3 Å². The van der Waals surface area contributed by atoms with Crippen molar-refractivity contribution >= 4 is 35.1 Å². The largest absolute Gasteiger partial charge is 0.319 e. The number of carbonyl (C=O) groups is 1. The number of carbonyl (C=O) groups excluding carboxylic acids is 1. The van der Waals surface area contributed by atoms with E-state index >= 15 is 0 Å². The third-order valence-electron chi connectivity index (χ3n) is 3.45. The highest BCUT2D eigenvalue weighted by Gasteiger charge is 2.17. The summed E-state index contributed by atoms with van der Waals surface area (Å²) in [4.78, 5) is 21.4. The Balaban J connectivity index is 1.86. The summed E-state index contributed by atoms with van der Waals surface area (Å²) in [5.41, 5.74) is 2.06. The number of thioether (sulfide) groups is 2. The third-order valence-corrected chi connectivity index (χ3v) is 4.92. The molecule has 3 aromatic rings. The van der Waals surface area contributed by atoms with Crippen molar-refractivity contribution in [1.82, 2.24) is 14.5 Å². The molecule has 0 unspecified atom stereocenters. The van der Waals surface area contributed by atoms with Crippen molar-refractivity contribution in [3.63, 3.8) is 0 Å². The van der Waals surface area contributed by atoms with Crippen LogP contribution in [-0.4, -0.2) is 32.5 Å². The van der Waals surface area contributed by atoms with E-state index in [4.69, 9.17) is 0 Å². The Hall–Kier alpha value is -2.25. The lowest BCUT2D eigenvalue weighted by Crippen LogP contribution is -2.16. The van der Waals surface area contributed by atoms with Crippen molar-refractivity contribution in [3.8, 4) is 5.69 Å².